The maximum Gasteiger partial charge on any atom is 0.232 e. The van der Waals surface area contributed by atoms with Gasteiger partial charge in [-0.2, -0.15) is 0 Å². The summed E-state index contributed by atoms with van der Waals surface area (Å²) in [5, 5.41) is 19.8. The quantitative estimate of drug-likeness (QED) is 0.668. The molecule has 3 aliphatic heterocycles. The van der Waals surface area contributed by atoms with Crippen LogP contribution >= 0.6 is 0 Å². The highest BCUT2D eigenvalue weighted by atomic mass is 16.7. The number of phenols is 2. The first-order valence-corrected chi connectivity index (χ1v) is 8.66. The Kier molecular flexibility index (Phi) is 2.73. The molecule has 0 spiro atoms. The summed E-state index contributed by atoms with van der Waals surface area (Å²) in [5.41, 5.74) is 0.702. The number of ether oxygens (including phenoxy) is 4. The van der Waals surface area contributed by atoms with E-state index in [0.29, 0.717) is 17.2 Å². The predicted molar refractivity (Wildman–Crippen MR) is 91.1 cm³/mol. The molecule has 3 heterocycles. The number of phenolic OH excluding ortho intramolecular Hbond substituents is 2. The van der Waals surface area contributed by atoms with Crippen LogP contribution in [0.25, 0.3) is 0 Å². The largest absolute Gasteiger partial charge is 0.504 e. The topological polar surface area (TPSA) is 112 Å². The molecular formula is C20H12O8. The highest BCUT2D eigenvalue weighted by Gasteiger charge is 2.50. The number of aromatic hydroxyl groups is 2. The average Bonchev–Trinajstić information content (AvgIpc) is 3.29. The number of benzene rings is 2. The SMILES string of the molecule is O=C1C2=C(OC[C@@H]3c4cc5c(cc4O[C@H]23)OCO5)C(=O)c2c1ccc(O)c2O. The highest BCUT2D eigenvalue weighted by molar-refractivity contribution is 6.28. The van der Waals surface area contributed by atoms with E-state index in [-0.39, 0.29) is 41.8 Å². The second kappa shape index (κ2) is 4.98. The maximum absolute atomic E-state index is 13.1. The van der Waals surface area contributed by atoms with E-state index < -0.39 is 29.2 Å². The molecule has 0 amide bonds. The molecule has 0 fully saturated rings. The van der Waals surface area contributed by atoms with E-state index in [4.69, 9.17) is 18.9 Å². The van der Waals surface area contributed by atoms with Gasteiger partial charge in [0.2, 0.25) is 12.6 Å². The van der Waals surface area contributed by atoms with Crippen LogP contribution in [0.4, 0.5) is 0 Å². The average molecular weight is 380 g/mol. The Bertz CT molecular complexity index is 1150. The van der Waals surface area contributed by atoms with Crippen molar-refractivity contribution in [3.63, 3.8) is 0 Å². The fourth-order valence-electron chi connectivity index (χ4n) is 4.21. The number of fused-ring (bicyclic) bond motifs is 6. The van der Waals surface area contributed by atoms with Crippen molar-refractivity contribution in [2.45, 2.75) is 12.0 Å². The van der Waals surface area contributed by atoms with E-state index in [0.717, 1.165) is 5.56 Å². The normalized spacial score (nSPS) is 23.4. The van der Waals surface area contributed by atoms with E-state index in [1.807, 2.05) is 6.07 Å². The number of rotatable bonds is 0. The van der Waals surface area contributed by atoms with Crippen molar-refractivity contribution in [3.8, 4) is 28.7 Å². The monoisotopic (exact) mass is 380 g/mol. The zero-order valence-electron chi connectivity index (χ0n) is 14.2. The van der Waals surface area contributed by atoms with Crippen molar-refractivity contribution in [1.82, 2.24) is 0 Å². The number of allylic oxidation sites excluding steroid dienone is 1. The molecule has 8 heteroatoms. The van der Waals surface area contributed by atoms with E-state index in [1.54, 1.807) is 6.07 Å². The zero-order valence-corrected chi connectivity index (χ0v) is 14.2. The summed E-state index contributed by atoms with van der Waals surface area (Å²) >= 11 is 0. The number of hydrogen-bond donors (Lipinski definition) is 2. The maximum atomic E-state index is 13.1. The third-order valence-electron chi connectivity index (χ3n) is 5.54. The van der Waals surface area contributed by atoms with Crippen LogP contribution in [0.3, 0.4) is 0 Å². The summed E-state index contributed by atoms with van der Waals surface area (Å²) in [6.07, 6.45) is -0.693. The van der Waals surface area contributed by atoms with Crippen LogP contribution in [0, 0.1) is 0 Å². The van der Waals surface area contributed by atoms with E-state index in [9.17, 15) is 19.8 Å². The van der Waals surface area contributed by atoms with Gasteiger partial charge in [-0.3, -0.25) is 9.59 Å². The molecular weight excluding hydrogens is 368 g/mol. The first-order chi connectivity index (χ1) is 13.5. The van der Waals surface area contributed by atoms with Crippen LogP contribution < -0.4 is 14.2 Å². The van der Waals surface area contributed by atoms with Gasteiger partial charge in [-0.05, 0) is 18.2 Å². The molecule has 2 aromatic rings. The van der Waals surface area contributed by atoms with E-state index in [2.05, 4.69) is 0 Å². The third kappa shape index (κ3) is 1.74. The molecule has 0 bridgehead atoms. The molecule has 0 saturated heterocycles. The lowest BCUT2D eigenvalue weighted by Gasteiger charge is -2.32. The lowest BCUT2D eigenvalue weighted by atomic mass is 9.79. The minimum absolute atomic E-state index is 0.0111. The minimum Gasteiger partial charge on any atom is -0.504 e. The lowest BCUT2D eigenvalue weighted by Crippen LogP contribution is -2.39. The van der Waals surface area contributed by atoms with Crippen molar-refractivity contribution in [2.75, 3.05) is 13.4 Å². The molecule has 0 radical (unpaired) electrons. The van der Waals surface area contributed by atoms with Crippen LogP contribution in [0.15, 0.2) is 35.6 Å². The van der Waals surface area contributed by atoms with Gasteiger partial charge in [0.25, 0.3) is 0 Å². The zero-order chi connectivity index (χ0) is 19.2. The summed E-state index contributed by atoms with van der Waals surface area (Å²) in [7, 11) is 0. The van der Waals surface area contributed by atoms with E-state index >= 15 is 0 Å². The number of carbonyl (C=O) groups excluding carboxylic acids is 2. The lowest BCUT2D eigenvalue weighted by molar-refractivity contribution is 0.0693. The fourth-order valence-corrected chi connectivity index (χ4v) is 4.21. The molecule has 0 aromatic heterocycles. The molecule has 2 aromatic carbocycles. The molecule has 2 atom stereocenters. The van der Waals surface area contributed by atoms with E-state index in [1.165, 1.54) is 12.1 Å². The van der Waals surface area contributed by atoms with Crippen molar-refractivity contribution in [3.05, 3.63) is 52.3 Å². The van der Waals surface area contributed by atoms with Crippen molar-refractivity contribution in [1.29, 1.82) is 0 Å². The Morgan fingerprint density at radius 2 is 1.71 bits per heavy atom. The Hall–Kier alpha value is -3.68. The first kappa shape index (κ1) is 15.4. The Morgan fingerprint density at radius 3 is 2.54 bits per heavy atom. The number of ketones is 2. The van der Waals surface area contributed by atoms with Gasteiger partial charge in [0.15, 0.2) is 34.5 Å². The summed E-state index contributed by atoms with van der Waals surface area (Å²) in [6.45, 7) is 0.266. The summed E-state index contributed by atoms with van der Waals surface area (Å²) in [5.74, 6) is -0.946. The van der Waals surface area contributed by atoms with Gasteiger partial charge in [0.05, 0.1) is 23.7 Å². The van der Waals surface area contributed by atoms with Crippen LogP contribution in [-0.2, 0) is 4.74 Å². The summed E-state index contributed by atoms with van der Waals surface area (Å²) in [4.78, 5) is 26.0. The Morgan fingerprint density at radius 1 is 0.929 bits per heavy atom. The number of Topliss-reactive ketones (excluding diaryl/α,β-unsaturated/α-hetero) is 2. The van der Waals surface area contributed by atoms with Gasteiger partial charge in [-0.15, -0.1) is 0 Å². The standard InChI is InChI=1S/C20H12O8/c21-10-2-1-7-14(17(10)23)18(24)20-15(16(7)22)19-9(5-25-20)8-3-12-13(27-6-26-12)4-11(8)28-19/h1-4,9,19,21,23H,5-6H2/t9-,19+/m1/s1. The predicted octanol–water partition coefficient (Wildman–Crippen LogP) is 2.03. The molecule has 140 valence electrons. The third-order valence-corrected chi connectivity index (χ3v) is 5.54. The van der Waals surface area contributed by atoms with Crippen molar-refractivity contribution >= 4 is 11.6 Å². The Balaban J connectivity index is 1.49. The molecule has 0 unspecified atom stereocenters. The highest BCUT2D eigenvalue weighted by Crippen LogP contribution is 2.51. The van der Waals surface area contributed by atoms with Gasteiger partial charge in [-0.25, -0.2) is 0 Å². The van der Waals surface area contributed by atoms with Crippen LogP contribution in [0.2, 0.25) is 0 Å². The molecule has 8 nitrogen and oxygen atoms in total. The molecule has 0 saturated carbocycles. The van der Waals surface area contributed by atoms with Gasteiger partial charge in [0.1, 0.15) is 11.9 Å². The molecule has 6 rings (SSSR count). The van der Waals surface area contributed by atoms with Gasteiger partial charge >= 0.3 is 0 Å². The van der Waals surface area contributed by atoms with Crippen molar-refractivity contribution < 1.29 is 38.7 Å². The second-order valence-electron chi connectivity index (χ2n) is 6.96. The van der Waals surface area contributed by atoms with Gasteiger partial charge < -0.3 is 29.2 Å². The van der Waals surface area contributed by atoms with Crippen LogP contribution in [0.1, 0.15) is 32.2 Å². The van der Waals surface area contributed by atoms with Gasteiger partial charge in [0, 0.05) is 17.2 Å². The van der Waals surface area contributed by atoms with Crippen LogP contribution in [-0.4, -0.2) is 41.3 Å². The molecule has 1 aliphatic carbocycles. The minimum atomic E-state index is -0.693. The molecule has 28 heavy (non-hydrogen) atoms. The number of hydrogen-bond acceptors (Lipinski definition) is 8. The first-order valence-electron chi connectivity index (χ1n) is 8.66. The molecule has 4 aliphatic rings. The van der Waals surface area contributed by atoms with Crippen LogP contribution in [0.5, 0.6) is 28.7 Å². The number of carbonyl (C=O) groups is 2. The van der Waals surface area contributed by atoms with Gasteiger partial charge in [-0.1, -0.05) is 0 Å². The summed E-state index contributed by atoms with van der Waals surface area (Å²) < 4.78 is 22.5. The molecule has 2 N–H and O–H groups in total. The second-order valence-corrected chi connectivity index (χ2v) is 6.96. The summed E-state index contributed by atoms with van der Waals surface area (Å²) in [6, 6.07) is 6.01. The fraction of sp³-hybridized carbons (Fsp3) is 0.200. The Labute approximate surface area is 157 Å². The van der Waals surface area contributed by atoms with Crippen molar-refractivity contribution in [2.24, 2.45) is 0 Å². The smallest absolute Gasteiger partial charge is 0.232 e.